The molecule has 4 rings (SSSR count). The predicted molar refractivity (Wildman–Crippen MR) is 174 cm³/mol. The number of amides is 2. The number of hydrogen-bond acceptors (Lipinski definition) is 6. The van der Waals surface area contributed by atoms with Crippen LogP contribution in [-0.2, 0) is 39.3 Å². The van der Waals surface area contributed by atoms with Gasteiger partial charge in [0.05, 0.1) is 22.8 Å². The summed E-state index contributed by atoms with van der Waals surface area (Å²) in [5, 5.41) is 16.9. The third-order valence-corrected chi connectivity index (χ3v) is 9.03. The molecule has 0 saturated carbocycles. The van der Waals surface area contributed by atoms with Crippen LogP contribution < -0.4 is 26.4 Å². The minimum Gasteiger partial charge on any atom is -0.384 e. The molecule has 3 unspecified atom stereocenters. The summed E-state index contributed by atoms with van der Waals surface area (Å²) in [7, 11) is -1.50. The molecule has 2 heterocycles. The lowest BCUT2D eigenvalue weighted by molar-refractivity contribution is -0.130. The second-order valence-electron chi connectivity index (χ2n) is 11.2. The number of pyridine rings is 1. The molecular formula is C33H43N7O3S. The van der Waals surface area contributed by atoms with Crippen molar-refractivity contribution < 1.29 is 13.8 Å². The van der Waals surface area contributed by atoms with E-state index in [2.05, 4.69) is 25.7 Å². The summed E-state index contributed by atoms with van der Waals surface area (Å²) in [4.78, 5) is 31.3. The molecule has 234 valence electrons. The smallest absolute Gasteiger partial charge is 0.242 e. The lowest BCUT2D eigenvalue weighted by atomic mass is 9.91. The second kappa shape index (κ2) is 17.4. The average Bonchev–Trinajstić information content (AvgIpc) is 3.05. The molecule has 10 nitrogen and oxygen atoms in total. The molecule has 1 saturated heterocycles. The number of aromatic nitrogens is 1. The number of benzene rings is 2. The van der Waals surface area contributed by atoms with Crippen molar-refractivity contribution in [1.29, 1.82) is 5.41 Å². The van der Waals surface area contributed by atoms with Gasteiger partial charge in [0.25, 0.3) is 0 Å². The molecular weight excluding hydrogens is 574 g/mol. The van der Waals surface area contributed by atoms with Crippen molar-refractivity contribution in [2.45, 2.75) is 62.9 Å². The standard InChI is InChI=1S/C33H43N7O3S/c34-31(35)28-10-6-26(7-11-28)22-38-32(41)29(12-8-24-14-18-36-19-15-24)39-33(42)30(13-9-25-16-20-37-21-17-25)40-44(43)23-27-4-2-1-3-5-27/h1-7,10-11,16-17,20-21,24,29-30,36,40H,8-9,12-15,18-19,22-23H2,(H3,34,35)(H,38,41)(H,39,42). The number of nitrogens with two attached hydrogens (primary N) is 1. The van der Waals surface area contributed by atoms with Gasteiger partial charge in [0.1, 0.15) is 11.9 Å². The van der Waals surface area contributed by atoms with Crippen LogP contribution in [-0.4, -0.2) is 52.0 Å². The molecule has 0 aliphatic carbocycles. The quantitative estimate of drug-likeness (QED) is 0.107. The van der Waals surface area contributed by atoms with E-state index in [9.17, 15) is 13.8 Å². The fourth-order valence-electron chi connectivity index (χ4n) is 5.26. The summed E-state index contributed by atoms with van der Waals surface area (Å²) in [6.45, 7) is 2.19. The molecule has 1 fully saturated rings. The molecule has 1 aliphatic rings. The first-order valence-corrected chi connectivity index (χ1v) is 16.5. The summed E-state index contributed by atoms with van der Waals surface area (Å²) < 4.78 is 16.2. The van der Waals surface area contributed by atoms with Crippen LogP contribution in [0.2, 0.25) is 0 Å². The monoisotopic (exact) mass is 617 g/mol. The molecule has 0 bridgehead atoms. The Morgan fingerprint density at radius 1 is 0.909 bits per heavy atom. The number of carbonyl (C=O) groups is 2. The van der Waals surface area contributed by atoms with Gasteiger partial charge in [-0.15, -0.1) is 0 Å². The molecule has 7 N–H and O–H groups in total. The summed E-state index contributed by atoms with van der Waals surface area (Å²) in [6, 6.07) is 18.9. The number of nitrogen functional groups attached to an aromatic ring is 1. The minimum atomic E-state index is -1.50. The van der Waals surface area contributed by atoms with E-state index in [4.69, 9.17) is 11.1 Å². The number of carbonyl (C=O) groups excluding carboxylic acids is 2. The Bertz CT molecular complexity index is 1370. The highest BCUT2D eigenvalue weighted by atomic mass is 32.2. The number of rotatable bonds is 16. The first-order valence-electron chi connectivity index (χ1n) is 15.2. The molecule has 0 radical (unpaired) electrons. The van der Waals surface area contributed by atoms with Gasteiger partial charge in [-0.1, -0.05) is 54.6 Å². The highest BCUT2D eigenvalue weighted by Crippen LogP contribution is 2.19. The molecule has 3 atom stereocenters. The first kappa shape index (κ1) is 33.0. The number of piperidine rings is 1. The summed E-state index contributed by atoms with van der Waals surface area (Å²) in [6.07, 6.45) is 7.82. The van der Waals surface area contributed by atoms with Crippen LogP contribution in [0.4, 0.5) is 0 Å². The van der Waals surface area contributed by atoms with Gasteiger partial charge in [0.15, 0.2) is 0 Å². The van der Waals surface area contributed by atoms with Crippen molar-refractivity contribution in [3.63, 3.8) is 0 Å². The Labute approximate surface area is 262 Å². The maximum absolute atomic E-state index is 13.8. The Morgan fingerprint density at radius 2 is 1.61 bits per heavy atom. The van der Waals surface area contributed by atoms with E-state index < -0.39 is 23.1 Å². The zero-order chi connectivity index (χ0) is 31.1. The number of nitrogens with one attached hydrogen (secondary N) is 5. The fourth-order valence-corrected chi connectivity index (χ4v) is 6.38. The van der Waals surface area contributed by atoms with E-state index in [0.717, 1.165) is 49.0 Å². The van der Waals surface area contributed by atoms with Gasteiger partial charge in [-0.3, -0.25) is 20.0 Å². The molecule has 44 heavy (non-hydrogen) atoms. The lowest BCUT2D eigenvalue weighted by Gasteiger charge is -2.26. The highest BCUT2D eigenvalue weighted by Gasteiger charge is 2.28. The van der Waals surface area contributed by atoms with Crippen molar-refractivity contribution in [1.82, 2.24) is 25.7 Å². The number of aryl methyl sites for hydroxylation is 1. The third kappa shape index (κ3) is 11.0. The van der Waals surface area contributed by atoms with E-state index in [1.54, 1.807) is 24.5 Å². The largest absolute Gasteiger partial charge is 0.384 e. The van der Waals surface area contributed by atoms with Crippen LogP contribution in [0, 0.1) is 11.3 Å². The van der Waals surface area contributed by atoms with E-state index >= 15 is 0 Å². The third-order valence-electron chi connectivity index (χ3n) is 7.89. The minimum absolute atomic E-state index is 0.0157. The van der Waals surface area contributed by atoms with Crippen LogP contribution in [0.5, 0.6) is 0 Å². The van der Waals surface area contributed by atoms with Gasteiger partial charge in [0, 0.05) is 24.5 Å². The Balaban J connectivity index is 1.44. The van der Waals surface area contributed by atoms with Crippen molar-refractivity contribution >= 4 is 28.6 Å². The first-order chi connectivity index (χ1) is 21.4. The molecule has 3 aromatic rings. The fraction of sp³-hybridized carbons (Fsp3) is 0.394. The maximum Gasteiger partial charge on any atom is 0.242 e. The summed E-state index contributed by atoms with van der Waals surface area (Å²) >= 11 is 0. The predicted octanol–water partition coefficient (Wildman–Crippen LogP) is 2.70. The average molecular weight is 618 g/mol. The highest BCUT2D eigenvalue weighted by molar-refractivity contribution is 7.82. The van der Waals surface area contributed by atoms with Crippen LogP contribution >= 0.6 is 0 Å². The Hall–Kier alpha value is -3.93. The van der Waals surface area contributed by atoms with Crippen LogP contribution in [0.3, 0.4) is 0 Å². The topological polar surface area (TPSA) is 162 Å². The number of nitrogens with zero attached hydrogens (tertiary/aromatic N) is 1. The van der Waals surface area contributed by atoms with Crippen LogP contribution in [0.15, 0.2) is 79.1 Å². The number of amidine groups is 1. The normalized spacial score (nSPS) is 15.5. The Morgan fingerprint density at radius 3 is 2.30 bits per heavy atom. The van der Waals surface area contributed by atoms with Gasteiger partial charge in [-0.2, -0.15) is 0 Å². The van der Waals surface area contributed by atoms with E-state index in [1.807, 2.05) is 54.6 Å². The van der Waals surface area contributed by atoms with Gasteiger partial charge in [0.2, 0.25) is 11.8 Å². The summed E-state index contributed by atoms with van der Waals surface area (Å²) in [5.41, 5.74) is 8.95. The van der Waals surface area contributed by atoms with E-state index in [0.29, 0.717) is 30.7 Å². The zero-order valence-corrected chi connectivity index (χ0v) is 25.8. The molecule has 1 aromatic heterocycles. The van der Waals surface area contributed by atoms with Crippen molar-refractivity contribution in [2.24, 2.45) is 11.7 Å². The van der Waals surface area contributed by atoms with Crippen LogP contribution in [0.25, 0.3) is 0 Å². The van der Waals surface area contributed by atoms with Crippen LogP contribution in [0.1, 0.15) is 54.4 Å². The molecule has 2 aromatic carbocycles. The van der Waals surface area contributed by atoms with Crippen molar-refractivity contribution in [3.05, 3.63) is 101 Å². The molecule has 11 heteroatoms. The SMILES string of the molecule is N=C(N)c1ccc(CNC(=O)C(CCC2CCNCC2)NC(=O)C(CCc2ccncc2)NS(=O)Cc2ccccc2)cc1. The lowest BCUT2D eigenvalue weighted by Crippen LogP contribution is -2.53. The number of hydrogen-bond donors (Lipinski definition) is 6. The van der Waals surface area contributed by atoms with Gasteiger partial charge in [-0.25, -0.2) is 8.93 Å². The Kier molecular flexibility index (Phi) is 13.0. The van der Waals surface area contributed by atoms with Crippen molar-refractivity contribution in [2.75, 3.05) is 13.1 Å². The molecule has 2 amide bonds. The van der Waals surface area contributed by atoms with Gasteiger partial charge < -0.3 is 21.7 Å². The molecule has 0 spiro atoms. The summed E-state index contributed by atoms with van der Waals surface area (Å²) in [5.74, 6) is 0.125. The maximum atomic E-state index is 13.8. The molecule has 1 aliphatic heterocycles. The van der Waals surface area contributed by atoms with E-state index in [1.165, 1.54) is 0 Å². The van der Waals surface area contributed by atoms with Gasteiger partial charge >= 0.3 is 0 Å². The van der Waals surface area contributed by atoms with E-state index in [-0.39, 0.29) is 29.9 Å². The van der Waals surface area contributed by atoms with Crippen molar-refractivity contribution in [3.8, 4) is 0 Å². The van der Waals surface area contributed by atoms with Gasteiger partial charge in [-0.05, 0) is 86.4 Å². The zero-order valence-electron chi connectivity index (χ0n) is 25.0. The second-order valence-corrected chi connectivity index (χ2v) is 12.4.